The Morgan fingerprint density at radius 2 is 2.00 bits per heavy atom. The highest BCUT2D eigenvalue weighted by Crippen LogP contribution is 2.23. The number of nitrogens with zero attached hydrogens (tertiary/aromatic N) is 1. The second kappa shape index (κ2) is 6.10. The van der Waals surface area contributed by atoms with Crippen molar-refractivity contribution in [2.75, 3.05) is 6.54 Å². The summed E-state index contributed by atoms with van der Waals surface area (Å²) in [6.07, 6.45) is 2.58. The van der Waals surface area contributed by atoms with Gasteiger partial charge in [0.1, 0.15) is 5.76 Å². The minimum atomic E-state index is 0.165. The minimum Gasteiger partial charge on any atom is -0.467 e. The van der Waals surface area contributed by atoms with Gasteiger partial charge >= 0.3 is 0 Å². The summed E-state index contributed by atoms with van der Waals surface area (Å²) in [5.74, 6) is 1.01. The number of benzene rings is 1. The van der Waals surface area contributed by atoms with Crippen LogP contribution in [0.15, 0.2) is 53.1 Å². The van der Waals surface area contributed by atoms with Crippen LogP contribution in [0.3, 0.4) is 0 Å². The molecule has 2 aromatic heterocycles. The van der Waals surface area contributed by atoms with Crippen molar-refractivity contribution in [2.45, 2.75) is 26.3 Å². The molecule has 0 amide bonds. The lowest BCUT2D eigenvalue weighted by atomic mass is 10.0. The number of aromatic nitrogens is 1. The van der Waals surface area contributed by atoms with E-state index >= 15 is 0 Å². The molecule has 0 spiro atoms. The summed E-state index contributed by atoms with van der Waals surface area (Å²) in [6.45, 7) is 5.09. The Kier molecular flexibility index (Phi) is 4.02. The third-order valence-electron chi connectivity index (χ3n) is 3.74. The zero-order valence-electron chi connectivity index (χ0n) is 12.5. The van der Waals surface area contributed by atoms with Crippen LogP contribution < -0.4 is 5.32 Å². The lowest BCUT2D eigenvalue weighted by Crippen LogP contribution is -2.23. The maximum Gasteiger partial charge on any atom is 0.123 e. The van der Waals surface area contributed by atoms with Gasteiger partial charge in [-0.25, -0.2) is 0 Å². The quantitative estimate of drug-likeness (QED) is 0.766. The number of nitrogens with one attached hydrogen (secondary N) is 1. The number of rotatable bonds is 5. The molecule has 3 aromatic rings. The Balaban J connectivity index is 1.89. The minimum absolute atomic E-state index is 0.165. The normalized spacial score (nSPS) is 12.7. The van der Waals surface area contributed by atoms with E-state index in [1.807, 2.05) is 18.2 Å². The van der Waals surface area contributed by atoms with Crippen molar-refractivity contribution in [3.8, 4) is 0 Å². The van der Waals surface area contributed by atoms with Gasteiger partial charge in [0, 0.05) is 17.5 Å². The van der Waals surface area contributed by atoms with Crippen LogP contribution in [0.2, 0.25) is 0 Å². The monoisotopic (exact) mass is 280 g/mol. The van der Waals surface area contributed by atoms with E-state index in [-0.39, 0.29) is 6.04 Å². The number of pyridine rings is 1. The Bertz CT molecular complexity index is 733. The zero-order chi connectivity index (χ0) is 14.7. The van der Waals surface area contributed by atoms with Gasteiger partial charge in [0.05, 0.1) is 17.8 Å². The van der Waals surface area contributed by atoms with Gasteiger partial charge in [0.2, 0.25) is 0 Å². The molecular weight excluding hydrogens is 260 g/mol. The topological polar surface area (TPSA) is 38.1 Å². The van der Waals surface area contributed by atoms with E-state index < -0.39 is 0 Å². The highest BCUT2D eigenvalue weighted by Gasteiger charge is 2.17. The molecule has 0 saturated heterocycles. The summed E-state index contributed by atoms with van der Waals surface area (Å²) in [7, 11) is 0. The van der Waals surface area contributed by atoms with E-state index in [1.54, 1.807) is 6.26 Å². The van der Waals surface area contributed by atoms with Crippen LogP contribution in [0.5, 0.6) is 0 Å². The molecule has 0 fully saturated rings. The van der Waals surface area contributed by atoms with Gasteiger partial charge in [0.25, 0.3) is 0 Å². The second-order valence-corrected chi connectivity index (χ2v) is 5.28. The van der Waals surface area contributed by atoms with Crippen molar-refractivity contribution in [1.82, 2.24) is 10.3 Å². The molecule has 1 N–H and O–H groups in total. The smallest absolute Gasteiger partial charge is 0.123 e. The van der Waals surface area contributed by atoms with Crippen molar-refractivity contribution >= 4 is 10.9 Å². The van der Waals surface area contributed by atoms with Crippen molar-refractivity contribution in [2.24, 2.45) is 0 Å². The molecule has 21 heavy (non-hydrogen) atoms. The molecule has 0 saturated carbocycles. The van der Waals surface area contributed by atoms with Crippen LogP contribution >= 0.6 is 0 Å². The van der Waals surface area contributed by atoms with E-state index in [2.05, 4.69) is 43.4 Å². The van der Waals surface area contributed by atoms with E-state index in [0.717, 1.165) is 29.9 Å². The molecule has 0 aliphatic carbocycles. The number of fused-ring (bicyclic) bond motifs is 1. The highest BCUT2D eigenvalue weighted by molar-refractivity contribution is 5.78. The van der Waals surface area contributed by atoms with Gasteiger partial charge in [0.15, 0.2) is 0 Å². The van der Waals surface area contributed by atoms with Gasteiger partial charge in [-0.1, -0.05) is 31.2 Å². The maximum absolute atomic E-state index is 5.65. The molecule has 0 radical (unpaired) electrons. The Morgan fingerprint density at radius 1 is 1.14 bits per heavy atom. The fraction of sp³-hybridized carbons (Fsp3) is 0.278. The molecule has 3 rings (SSSR count). The standard InChI is InChI=1S/C18H20N2O/c1-3-19-17(18-13(2)10-11-21-18)12-15-9-8-14-6-4-5-7-16(14)20-15/h4-11,17,19H,3,12H2,1-2H3. The first kappa shape index (κ1) is 13.8. The number of furan rings is 1. The number of hydrogen-bond acceptors (Lipinski definition) is 3. The number of hydrogen-bond donors (Lipinski definition) is 1. The summed E-state index contributed by atoms with van der Waals surface area (Å²) in [5, 5.41) is 4.66. The van der Waals surface area contributed by atoms with Crippen molar-refractivity contribution in [3.05, 3.63) is 65.7 Å². The van der Waals surface area contributed by atoms with Crippen LogP contribution in [0, 0.1) is 6.92 Å². The maximum atomic E-state index is 5.65. The first-order valence-corrected chi connectivity index (χ1v) is 7.40. The molecule has 0 aliphatic rings. The van der Waals surface area contributed by atoms with Crippen LogP contribution in [0.25, 0.3) is 10.9 Å². The molecule has 2 heterocycles. The fourth-order valence-corrected chi connectivity index (χ4v) is 2.68. The molecule has 0 bridgehead atoms. The molecule has 3 nitrogen and oxygen atoms in total. The van der Waals surface area contributed by atoms with Gasteiger partial charge in [-0.3, -0.25) is 4.98 Å². The largest absolute Gasteiger partial charge is 0.467 e. The number of likely N-dealkylation sites (N-methyl/N-ethyl adjacent to an activating group) is 1. The first-order chi connectivity index (χ1) is 10.3. The second-order valence-electron chi connectivity index (χ2n) is 5.28. The summed E-state index contributed by atoms with van der Waals surface area (Å²) in [4.78, 5) is 4.76. The van der Waals surface area contributed by atoms with Gasteiger partial charge in [-0.15, -0.1) is 0 Å². The Hall–Kier alpha value is -2.13. The van der Waals surface area contributed by atoms with Gasteiger partial charge < -0.3 is 9.73 Å². The molecule has 108 valence electrons. The summed E-state index contributed by atoms with van der Waals surface area (Å²) >= 11 is 0. The Morgan fingerprint density at radius 3 is 2.76 bits per heavy atom. The van der Waals surface area contributed by atoms with E-state index in [9.17, 15) is 0 Å². The van der Waals surface area contributed by atoms with Crippen LogP contribution in [0.4, 0.5) is 0 Å². The van der Waals surface area contributed by atoms with Crippen LogP contribution in [-0.2, 0) is 6.42 Å². The lowest BCUT2D eigenvalue weighted by Gasteiger charge is -2.16. The van der Waals surface area contributed by atoms with E-state index in [1.165, 1.54) is 10.9 Å². The first-order valence-electron chi connectivity index (χ1n) is 7.40. The number of aryl methyl sites for hydroxylation is 1. The number of para-hydroxylation sites is 1. The molecule has 0 aliphatic heterocycles. The van der Waals surface area contributed by atoms with Gasteiger partial charge in [-0.05, 0) is 37.2 Å². The summed E-state index contributed by atoms with van der Waals surface area (Å²) in [5.41, 5.74) is 3.30. The average Bonchev–Trinajstić information content (AvgIpc) is 2.93. The lowest BCUT2D eigenvalue weighted by molar-refractivity contribution is 0.412. The molecule has 1 aromatic carbocycles. The predicted molar refractivity (Wildman–Crippen MR) is 85.3 cm³/mol. The molecule has 1 atom stereocenters. The zero-order valence-corrected chi connectivity index (χ0v) is 12.5. The molecule has 3 heteroatoms. The van der Waals surface area contributed by atoms with Crippen LogP contribution in [-0.4, -0.2) is 11.5 Å². The van der Waals surface area contributed by atoms with E-state index in [4.69, 9.17) is 9.40 Å². The van der Waals surface area contributed by atoms with E-state index in [0.29, 0.717) is 0 Å². The van der Waals surface area contributed by atoms with Crippen molar-refractivity contribution < 1.29 is 4.42 Å². The summed E-state index contributed by atoms with van der Waals surface area (Å²) < 4.78 is 5.65. The molecular formula is C18H20N2O. The highest BCUT2D eigenvalue weighted by atomic mass is 16.3. The fourth-order valence-electron chi connectivity index (χ4n) is 2.68. The summed E-state index contributed by atoms with van der Waals surface area (Å²) in [6, 6.07) is 14.6. The Labute approximate surface area is 125 Å². The van der Waals surface area contributed by atoms with Crippen molar-refractivity contribution in [3.63, 3.8) is 0 Å². The third-order valence-corrected chi connectivity index (χ3v) is 3.74. The third kappa shape index (κ3) is 2.98. The molecule has 1 unspecified atom stereocenters. The van der Waals surface area contributed by atoms with Crippen molar-refractivity contribution in [1.29, 1.82) is 0 Å². The predicted octanol–water partition coefficient (Wildman–Crippen LogP) is 4.03. The average molecular weight is 280 g/mol. The SMILES string of the molecule is CCNC(Cc1ccc2ccccc2n1)c1occc1C. The van der Waals surface area contributed by atoms with Gasteiger partial charge in [-0.2, -0.15) is 0 Å². The van der Waals surface area contributed by atoms with Crippen LogP contribution in [0.1, 0.15) is 30.0 Å².